The highest BCUT2D eigenvalue weighted by atomic mass is 19.3. The summed E-state index contributed by atoms with van der Waals surface area (Å²) in [6.45, 7) is -0.967. The number of alkyl halides is 2. The number of fused-ring (bicyclic) bond motifs is 1. The molecule has 3 nitrogen and oxygen atoms in total. The van der Waals surface area contributed by atoms with Crippen LogP contribution in [0.4, 0.5) is 13.2 Å². The van der Waals surface area contributed by atoms with Crippen LogP contribution in [-0.2, 0) is 0 Å². The zero-order valence-electron chi connectivity index (χ0n) is 10.8. The van der Waals surface area contributed by atoms with Crippen LogP contribution in [0.25, 0.3) is 0 Å². The Hall–Kier alpha value is -1.43. The minimum Gasteiger partial charge on any atom is -0.487 e. The first-order chi connectivity index (χ1) is 9.61. The molecule has 1 N–H and O–H groups in total. The van der Waals surface area contributed by atoms with E-state index in [-0.39, 0.29) is 17.6 Å². The standard InChI is InChI=1S/C14H16F3NO2/c15-12-5-10(20-14(16)17)1-2-13(12)19-11-3-8-6-18-7-9(8)4-11/h1-2,5,8-9,11,14,18H,3-4,6-7H2/t8-,9+,11?. The predicted molar refractivity (Wildman–Crippen MR) is 66.5 cm³/mol. The molecule has 0 radical (unpaired) electrons. The average molecular weight is 287 g/mol. The molecule has 0 amide bonds. The maximum Gasteiger partial charge on any atom is 0.387 e. The van der Waals surface area contributed by atoms with Crippen molar-refractivity contribution < 1.29 is 22.6 Å². The van der Waals surface area contributed by atoms with Gasteiger partial charge in [0.1, 0.15) is 5.75 Å². The average Bonchev–Trinajstić information content (AvgIpc) is 2.92. The van der Waals surface area contributed by atoms with E-state index in [9.17, 15) is 13.2 Å². The van der Waals surface area contributed by atoms with Gasteiger partial charge in [-0.2, -0.15) is 8.78 Å². The molecule has 1 saturated carbocycles. The number of rotatable bonds is 4. The topological polar surface area (TPSA) is 30.5 Å². The molecule has 3 rings (SSSR count). The third kappa shape index (κ3) is 2.85. The summed E-state index contributed by atoms with van der Waals surface area (Å²) in [5, 5.41) is 3.33. The summed E-state index contributed by atoms with van der Waals surface area (Å²) in [5.74, 6) is 0.439. The van der Waals surface area contributed by atoms with Gasteiger partial charge >= 0.3 is 6.61 Å². The molecule has 110 valence electrons. The van der Waals surface area contributed by atoms with Crippen molar-refractivity contribution in [1.29, 1.82) is 0 Å². The van der Waals surface area contributed by atoms with Crippen LogP contribution in [0.1, 0.15) is 12.8 Å². The van der Waals surface area contributed by atoms with E-state index in [1.54, 1.807) is 0 Å². The first-order valence-corrected chi connectivity index (χ1v) is 6.73. The van der Waals surface area contributed by atoms with Gasteiger partial charge in [0.25, 0.3) is 0 Å². The van der Waals surface area contributed by atoms with Gasteiger partial charge in [-0.3, -0.25) is 0 Å². The van der Waals surface area contributed by atoms with Crippen LogP contribution < -0.4 is 14.8 Å². The Morgan fingerprint density at radius 3 is 2.45 bits per heavy atom. The van der Waals surface area contributed by atoms with E-state index in [0.29, 0.717) is 11.8 Å². The Morgan fingerprint density at radius 1 is 1.15 bits per heavy atom. The predicted octanol–water partition coefficient (Wildman–Crippen LogP) is 2.80. The van der Waals surface area contributed by atoms with Gasteiger partial charge in [0, 0.05) is 6.07 Å². The first kappa shape index (κ1) is 13.5. The van der Waals surface area contributed by atoms with Crippen molar-refractivity contribution in [2.75, 3.05) is 13.1 Å². The molecule has 1 aliphatic carbocycles. The van der Waals surface area contributed by atoms with Crippen LogP contribution in [0, 0.1) is 17.7 Å². The van der Waals surface area contributed by atoms with E-state index in [1.807, 2.05) is 0 Å². The summed E-state index contributed by atoms with van der Waals surface area (Å²) < 4.78 is 47.6. The van der Waals surface area contributed by atoms with Crippen molar-refractivity contribution in [3.63, 3.8) is 0 Å². The number of halogens is 3. The molecule has 1 aromatic rings. The van der Waals surface area contributed by atoms with Gasteiger partial charge in [0.05, 0.1) is 6.10 Å². The fraction of sp³-hybridized carbons (Fsp3) is 0.571. The Bertz CT molecular complexity index is 471. The van der Waals surface area contributed by atoms with Gasteiger partial charge < -0.3 is 14.8 Å². The molecule has 2 fully saturated rings. The molecule has 1 saturated heterocycles. The summed E-state index contributed by atoms with van der Waals surface area (Å²) >= 11 is 0. The van der Waals surface area contributed by atoms with E-state index < -0.39 is 12.4 Å². The van der Waals surface area contributed by atoms with Gasteiger partial charge in [-0.1, -0.05) is 0 Å². The van der Waals surface area contributed by atoms with Gasteiger partial charge in [-0.05, 0) is 49.9 Å². The monoisotopic (exact) mass is 287 g/mol. The largest absolute Gasteiger partial charge is 0.487 e. The second-order valence-electron chi connectivity index (χ2n) is 5.36. The summed E-state index contributed by atoms with van der Waals surface area (Å²) in [5.41, 5.74) is 0. The zero-order chi connectivity index (χ0) is 14.1. The quantitative estimate of drug-likeness (QED) is 0.923. The second-order valence-corrected chi connectivity index (χ2v) is 5.36. The molecular weight excluding hydrogens is 271 g/mol. The number of hydrogen-bond donors (Lipinski definition) is 1. The maximum absolute atomic E-state index is 13.8. The Morgan fingerprint density at radius 2 is 1.85 bits per heavy atom. The summed E-state index contributed by atoms with van der Waals surface area (Å²) in [6, 6.07) is 3.57. The number of nitrogens with one attached hydrogen (secondary N) is 1. The summed E-state index contributed by atoms with van der Waals surface area (Å²) in [6.07, 6.45) is 1.82. The smallest absolute Gasteiger partial charge is 0.387 e. The van der Waals surface area contributed by atoms with Crippen LogP contribution in [0.15, 0.2) is 18.2 Å². The lowest BCUT2D eigenvalue weighted by molar-refractivity contribution is -0.0500. The minimum absolute atomic E-state index is 0.00321. The Balaban J connectivity index is 1.63. The van der Waals surface area contributed by atoms with Crippen molar-refractivity contribution >= 4 is 0 Å². The third-order valence-corrected chi connectivity index (χ3v) is 4.03. The van der Waals surface area contributed by atoms with Crippen molar-refractivity contribution in [2.24, 2.45) is 11.8 Å². The second kappa shape index (κ2) is 5.52. The number of benzene rings is 1. The number of hydrogen-bond acceptors (Lipinski definition) is 3. The minimum atomic E-state index is -2.96. The van der Waals surface area contributed by atoms with Crippen LogP contribution >= 0.6 is 0 Å². The van der Waals surface area contributed by atoms with E-state index >= 15 is 0 Å². The van der Waals surface area contributed by atoms with E-state index in [4.69, 9.17) is 4.74 Å². The molecule has 2 aliphatic rings. The van der Waals surface area contributed by atoms with Crippen molar-refractivity contribution in [2.45, 2.75) is 25.6 Å². The molecular formula is C14H16F3NO2. The highest BCUT2D eigenvalue weighted by Gasteiger charge is 2.38. The molecule has 1 aliphatic heterocycles. The maximum atomic E-state index is 13.8. The lowest BCUT2D eigenvalue weighted by atomic mass is 10.0. The van der Waals surface area contributed by atoms with E-state index in [2.05, 4.69) is 10.1 Å². The molecule has 1 aromatic carbocycles. The molecule has 1 unspecified atom stereocenters. The third-order valence-electron chi connectivity index (χ3n) is 4.03. The van der Waals surface area contributed by atoms with Crippen LogP contribution in [0.3, 0.4) is 0 Å². The fourth-order valence-electron chi connectivity index (χ4n) is 3.14. The molecule has 0 aromatic heterocycles. The normalized spacial score (nSPS) is 28.7. The molecule has 6 heteroatoms. The first-order valence-electron chi connectivity index (χ1n) is 6.73. The zero-order valence-corrected chi connectivity index (χ0v) is 10.8. The van der Waals surface area contributed by atoms with E-state index in [1.165, 1.54) is 12.1 Å². The molecule has 1 heterocycles. The molecule has 20 heavy (non-hydrogen) atoms. The lowest BCUT2D eigenvalue weighted by Crippen LogP contribution is -2.19. The molecule has 3 atom stereocenters. The van der Waals surface area contributed by atoms with Crippen molar-refractivity contribution in [1.82, 2.24) is 5.32 Å². The highest BCUT2D eigenvalue weighted by Crippen LogP contribution is 2.37. The van der Waals surface area contributed by atoms with Crippen molar-refractivity contribution in [3.8, 4) is 11.5 Å². The van der Waals surface area contributed by atoms with E-state index in [0.717, 1.165) is 32.0 Å². The summed E-state index contributed by atoms with van der Waals surface area (Å²) in [7, 11) is 0. The molecule has 0 bridgehead atoms. The lowest BCUT2D eigenvalue weighted by Gasteiger charge is -2.16. The van der Waals surface area contributed by atoms with Gasteiger partial charge in [-0.25, -0.2) is 4.39 Å². The van der Waals surface area contributed by atoms with Gasteiger partial charge in [-0.15, -0.1) is 0 Å². The SMILES string of the molecule is Fc1cc(OC(F)F)ccc1OC1C[C@H]2CNC[C@H]2C1. The Kier molecular flexibility index (Phi) is 3.74. The highest BCUT2D eigenvalue weighted by molar-refractivity contribution is 5.33. The van der Waals surface area contributed by atoms with Gasteiger partial charge in [0.2, 0.25) is 0 Å². The molecule has 0 spiro atoms. The number of ether oxygens (including phenoxy) is 2. The Labute approximate surface area is 115 Å². The van der Waals surface area contributed by atoms with Gasteiger partial charge in [0.15, 0.2) is 11.6 Å². The van der Waals surface area contributed by atoms with Crippen molar-refractivity contribution in [3.05, 3.63) is 24.0 Å². The van der Waals surface area contributed by atoms with Crippen LogP contribution in [-0.4, -0.2) is 25.8 Å². The van der Waals surface area contributed by atoms with Crippen LogP contribution in [0.5, 0.6) is 11.5 Å². The van der Waals surface area contributed by atoms with Crippen LogP contribution in [0.2, 0.25) is 0 Å². The summed E-state index contributed by atoms with van der Waals surface area (Å²) in [4.78, 5) is 0. The fourth-order valence-corrected chi connectivity index (χ4v) is 3.14.